The molecule has 1 aliphatic rings. The Morgan fingerprint density at radius 2 is 2.06 bits per heavy atom. The molecule has 2 rings (SSSR count). The molecule has 1 atom stereocenters. The van der Waals surface area contributed by atoms with Crippen LogP contribution in [0.4, 0.5) is 0 Å². The van der Waals surface area contributed by atoms with E-state index in [0.717, 1.165) is 18.6 Å². The summed E-state index contributed by atoms with van der Waals surface area (Å²) in [6.45, 7) is 4.31. The molecular weight excluding hydrogens is 218 g/mol. The van der Waals surface area contributed by atoms with Gasteiger partial charge >= 0.3 is 0 Å². The van der Waals surface area contributed by atoms with E-state index in [2.05, 4.69) is 26.0 Å². The Balaban J connectivity index is 1.95. The highest BCUT2D eigenvalue weighted by Crippen LogP contribution is 2.39. The van der Waals surface area contributed by atoms with E-state index in [1.807, 2.05) is 22.5 Å². The van der Waals surface area contributed by atoms with Crippen molar-refractivity contribution in [2.24, 2.45) is 0 Å². The minimum Gasteiger partial charge on any atom is -0.215 e. The van der Waals surface area contributed by atoms with Crippen LogP contribution in [0.15, 0.2) is 30.3 Å². The lowest BCUT2D eigenvalue weighted by molar-refractivity contribution is 0.00737. The molecule has 0 amide bonds. The minimum absolute atomic E-state index is 0.0475. The van der Waals surface area contributed by atoms with Crippen molar-refractivity contribution in [2.45, 2.75) is 44.2 Å². The largest absolute Gasteiger partial charge is 0.215 e. The van der Waals surface area contributed by atoms with Crippen LogP contribution in [0, 0.1) is 0 Å². The fraction of sp³-hybridized carbons (Fsp3) is 0.538. The van der Waals surface area contributed by atoms with Gasteiger partial charge in [0.25, 0.3) is 0 Å². The van der Waals surface area contributed by atoms with Gasteiger partial charge in [-0.05, 0) is 32.3 Å². The summed E-state index contributed by atoms with van der Waals surface area (Å²) in [7, 11) is 0. The summed E-state index contributed by atoms with van der Waals surface area (Å²) < 4.78 is 2.03. The van der Waals surface area contributed by atoms with Gasteiger partial charge in [-0.3, -0.25) is 0 Å². The molecule has 2 nitrogen and oxygen atoms in total. The second-order valence-electron chi connectivity index (χ2n) is 4.89. The van der Waals surface area contributed by atoms with Crippen LogP contribution in [0.2, 0.25) is 0 Å². The average molecular weight is 236 g/mol. The van der Waals surface area contributed by atoms with Crippen molar-refractivity contribution in [3.63, 3.8) is 0 Å². The van der Waals surface area contributed by atoms with Gasteiger partial charge in [0.2, 0.25) is 0 Å². The van der Waals surface area contributed by atoms with Gasteiger partial charge in [0.05, 0.1) is 0 Å². The van der Waals surface area contributed by atoms with Gasteiger partial charge in [-0.1, -0.05) is 42.3 Å². The van der Waals surface area contributed by atoms with E-state index in [1.165, 1.54) is 5.56 Å². The van der Waals surface area contributed by atoms with Crippen LogP contribution in [0.5, 0.6) is 0 Å². The first-order valence-corrected chi connectivity index (χ1v) is 6.66. The molecule has 0 N–H and O–H groups in total. The Bertz CT molecular complexity index is 339. The fourth-order valence-electron chi connectivity index (χ4n) is 2.07. The number of benzene rings is 1. The number of hydrogen-bond donors (Lipinski definition) is 0. The van der Waals surface area contributed by atoms with Gasteiger partial charge in [-0.2, -0.15) is 0 Å². The smallest absolute Gasteiger partial charge is 0.155 e. The Labute approximate surface area is 102 Å². The number of rotatable bonds is 3. The molecule has 1 fully saturated rings. The van der Waals surface area contributed by atoms with E-state index < -0.39 is 6.23 Å². The van der Waals surface area contributed by atoms with Crippen LogP contribution in [0.25, 0.3) is 0 Å². The van der Waals surface area contributed by atoms with Crippen molar-refractivity contribution < 1.29 is 5.11 Å². The molecular formula is C13H18NOS. The van der Waals surface area contributed by atoms with E-state index in [4.69, 9.17) is 0 Å². The lowest BCUT2D eigenvalue weighted by Gasteiger charge is -2.31. The van der Waals surface area contributed by atoms with Gasteiger partial charge in [-0.15, -0.1) is 0 Å². The van der Waals surface area contributed by atoms with Gasteiger partial charge in [0, 0.05) is 11.3 Å². The van der Waals surface area contributed by atoms with Crippen molar-refractivity contribution in [3.05, 3.63) is 35.9 Å². The predicted octanol–water partition coefficient (Wildman–Crippen LogP) is 3.47. The van der Waals surface area contributed by atoms with Crippen molar-refractivity contribution in [1.82, 2.24) is 4.31 Å². The summed E-state index contributed by atoms with van der Waals surface area (Å²) in [6, 6.07) is 10.3. The van der Waals surface area contributed by atoms with Crippen molar-refractivity contribution in [2.75, 3.05) is 0 Å². The third kappa shape index (κ3) is 2.59. The highest BCUT2D eigenvalue weighted by atomic mass is 32.2. The molecule has 0 aliphatic carbocycles. The normalized spacial score (nSPS) is 24.8. The second kappa shape index (κ2) is 4.78. The Kier molecular flexibility index (Phi) is 3.57. The zero-order chi connectivity index (χ0) is 11.6. The van der Waals surface area contributed by atoms with Gasteiger partial charge in [0.15, 0.2) is 6.23 Å². The molecule has 0 bridgehead atoms. The molecule has 1 aromatic rings. The fourth-order valence-corrected chi connectivity index (χ4v) is 3.26. The second-order valence-corrected chi connectivity index (χ2v) is 5.83. The zero-order valence-electron chi connectivity index (χ0n) is 9.85. The highest BCUT2D eigenvalue weighted by Gasteiger charge is 2.39. The molecule has 1 aromatic carbocycles. The number of nitrogens with zero attached hydrogens (tertiary/aromatic N) is 1. The maximum Gasteiger partial charge on any atom is 0.155 e. The summed E-state index contributed by atoms with van der Waals surface area (Å²) in [5.74, 6) is 0.892. The van der Waals surface area contributed by atoms with Crippen molar-refractivity contribution in [1.29, 1.82) is 0 Å². The molecule has 87 valence electrons. The molecule has 16 heavy (non-hydrogen) atoms. The molecule has 3 heteroatoms. The van der Waals surface area contributed by atoms with Crippen LogP contribution in [0.3, 0.4) is 0 Å². The van der Waals surface area contributed by atoms with Crippen molar-refractivity contribution in [3.8, 4) is 0 Å². The van der Waals surface area contributed by atoms with Crippen LogP contribution in [-0.4, -0.2) is 16.1 Å². The SMILES string of the molecule is CC1(C)CCC([O])N1SCc1ccccc1. The molecule has 1 radical (unpaired) electrons. The third-order valence-electron chi connectivity index (χ3n) is 3.07. The quantitative estimate of drug-likeness (QED) is 0.750. The van der Waals surface area contributed by atoms with E-state index in [-0.39, 0.29) is 5.54 Å². The Morgan fingerprint density at radius 3 is 2.62 bits per heavy atom. The maximum absolute atomic E-state index is 11.8. The van der Waals surface area contributed by atoms with E-state index in [1.54, 1.807) is 11.9 Å². The van der Waals surface area contributed by atoms with Gasteiger partial charge in [0.1, 0.15) is 0 Å². The van der Waals surface area contributed by atoms with Gasteiger partial charge < -0.3 is 0 Å². The van der Waals surface area contributed by atoms with Crippen molar-refractivity contribution >= 4 is 11.9 Å². The average Bonchev–Trinajstić information content (AvgIpc) is 2.52. The first kappa shape index (κ1) is 12.0. The third-order valence-corrected chi connectivity index (χ3v) is 4.54. The maximum atomic E-state index is 11.8. The van der Waals surface area contributed by atoms with E-state index in [0.29, 0.717) is 0 Å². The van der Waals surface area contributed by atoms with E-state index >= 15 is 0 Å². The van der Waals surface area contributed by atoms with Crippen LogP contribution in [-0.2, 0) is 10.9 Å². The molecule has 0 spiro atoms. The molecule has 0 saturated carbocycles. The molecule has 1 unspecified atom stereocenters. The molecule has 1 saturated heterocycles. The van der Waals surface area contributed by atoms with Gasteiger partial charge in [-0.25, -0.2) is 9.41 Å². The van der Waals surface area contributed by atoms with Crippen LogP contribution in [0.1, 0.15) is 32.3 Å². The van der Waals surface area contributed by atoms with Crippen LogP contribution >= 0.6 is 11.9 Å². The lowest BCUT2D eigenvalue weighted by atomic mass is 10.0. The highest BCUT2D eigenvalue weighted by molar-refractivity contribution is 7.96. The number of hydrogen-bond acceptors (Lipinski definition) is 2. The lowest BCUT2D eigenvalue weighted by Crippen LogP contribution is -2.36. The monoisotopic (exact) mass is 236 g/mol. The van der Waals surface area contributed by atoms with E-state index in [9.17, 15) is 5.11 Å². The zero-order valence-corrected chi connectivity index (χ0v) is 10.7. The first-order chi connectivity index (χ1) is 7.59. The molecule has 1 heterocycles. The first-order valence-electron chi connectivity index (χ1n) is 5.71. The summed E-state index contributed by atoms with van der Waals surface area (Å²) in [5, 5.41) is 11.8. The summed E-state index contributed by atoms with van der Waals surface area (Å²) in [6.07, 6.45) is 1.24. The van der Waals surface area contributed by atoms with Crippen LogP contribution < -0.4 is 0 Å². The summed E-state index contributed by atoms with van der Waals surface area (Å²) >= 11 is 1.67. The standard InChI is InChI=1S/C13H18NOS/c1-13(2)9-8-12(15)14(13)16-10-11-6-4-3-5-7-11/h3-7,12H,8-10H2,1-2H3. The Morgan fingerprint density at radius 1 is 1.38 bits per heavy atom. The molecule has 0 aromatic heterocycles. The topological polar surface area (TPSA) is 23.1 Å². The molecule has 1 aliphatic heterocycles. The Hall–Kier alpha value is -0.510. The predicted molar refractivity (Wildman–Crippen MR) is 67.4 cm³/mol. The minimum atomic E-state index is -0.538. The summed E-state index contributed by atoms with van der Waals surface area (Å²) in [4.78, 5) is 0. The summed E-state index contributed by atoms with van der Waals surface area (Å²) in [5.41, 5.74) is 1.33.